The van der Waals surface area contributed by atoms with Crippen molar-refractivity contribution in [2.24, 2.45) is 9.98 Å². The second-order valence-corrected chi connectivity index (χ2v) is 10.4. The fourth-order valence-corrected chi connectivity index (χ4v) is 6.13. The largest absolute Gasteiger partial charge is 0.245 e. The third kappa shape index (κ3) is 3.01. The van der Waals surface area contributed by atoms with Crippen LogP contribution in [0.2, 0.25) is 0 Å². The first kappa shape index (κ1) is 21.3. The first-order chi connectivity index (χ1) is 18.7. The van der Waals surface area contributed by atoms with E-state index in [1.54, 1.807) is 0 Å². The lowest BCUT2D eigenvalue weighted by atomic mass is 9.90. The van der Waals surface area contributed by atoms with Gasteiger partial charge in [-0.1, -0.05) is 108 Å². The van der Waals surface area contributed by atoms with Crippen molar-refractivity contribution in [1.29, 1.82) is 0 Å². The summed E-state index contributed by atoms with van der Waals surface area (Å²) in [7, 11) is 0. The fraction of sp³-hybridized carbons (Fsp3) is 0.0556. The van der Waals surface area contributed by atoms with Crippen molar-refractivity contribution in [1.82, 2.24) is 0 Å². The van der Waals surface area contributed by atoms with Crippen LogP contribution >= 0.6 is 0 Å². The summed E-state index contributed by atoms with van der Waals surface area (Å²) in [4.78, 5) is 10.9. The molecule has 0 aliphatic carbocycles. The van der Waals surface area contributed by atoms with E-state index in [0.29, 0.717) is 0 Å². The summed E-state index contributed by atoms with van der Waals surface area (Å²) in [5.74, 6) is 0. The maximum absolute atomic E-state index is 5.46. The summed E-state index contributed by atoms with van der Waals surface area (Å²) in [5.41, 5.74) is 6.73. The van der Waals surface area contributed by atoms with Crippen LogP contribution in [0, 0.1) is 13.8 Å². The minimum absolute atomic E-state index is 0.937. The van der Waals surface area contributed by atoms with E-state index in [-0.39, 0.29) is 0 Å². The highest BCUT2D eigenvalue weighted by atomic mass is 14.8. The molecule has 0 unspecified atom stereocenters. The molecule has 0 bridgehead atoms. The quantitative estimate of drug-likeness (QED) is 0.192. The molecule has 0 spiro atoms. The van der Waals surface area contributed by atoms with E-state index in [2.05, 4.69) is 123 Å². The number of hydrogen-bond donors (Lipinski definition) is 0. The zero-order chi connectivity index (χ0) is 25.4. The summed E-state index contributed by atoms with van der Waals surface area (Å²) in [6, 6.07) is 39.3. The predicted octanol–water partition coefficient (Wildman–Crippen LogP) is 8.80. The van der Waals surface area contributed by atoms with Gasteiger partial charge in [0.25, 0.3) is 0 Å². The van der Waals surface area contributed by atoms with Gasteiger partial charge in [0, 0.05) is 21.9 Å². The van der Waals surface area contributed by atoms with E-state index < -0.39 is 0 Å². The lowest BCUT2D eigenvalue weighted by molar-refractivity contribution is 1.26. The molecule has 0 aromatic heterocycles. The summed E-state index contributed by atoms with van der Waals surface area (Å²) >= 11 is 0. The van der Waals surface area contributed by atoms with Gasteiger partial charge in [-0.2, -0.15) is 0 Å². The molecule has 0 atom stereocenters. The molecule has 0 N–H and O–H groups in total. The van der Waals surface area contributed by atoms with Gasteiger partial charge in [0.2, 0.25) is 0 Å². The average Bonchev–Trinajstić information content (AvgIpc) is 2.93. The molecule has 0 saturated carbocycles. The van der Waals surface area contributed by atoms with Crippen LogP contribution in [0.3, 0.4) is 0 Å². The molecular formula is C36H24N2. The Bertz CT molecular complexity index is 2100. The predicted molar refractivity (Wildman–Crippen MR) is 159 cm³/mol. The van der Waals surface area contributed by atoms with E-state index in [0.717, 1.165) is 44.0 Å². The van der Waals surface area contributed by atoms with Crippen LogP contribution in [-0.4, -0.2) is 0 Å². The highest BCUT2D eigenvalue weighted by Gasteiger charge is 2.20. The van der Waals surface area contributed by atoms with E-state index in [4.69, 9.17) is 9.98 Å². The van der Waals surface area contributed by atoms with Crippen LogP contribution < -0.4 is 10.7 Å². The van der Waals surface area contributed by atoms with Crippen molar-refractivity contribution in [2.45, 2.75) is 13.8 Å². The van der Waals surface area contributed by atoms with Crippen LogP contribution in [0.4, 0.5) is 11.4 Å². The molecule has 7 aromatic rings. The molecule has 8 rings (SSSR count). The highest BCUT2D eigenvalue weighted by molar-refractivity contribution is 6.13. The molecule has 178 valence electrons. The third-order valence-corrected chi connectivity index (χ3v) is 7.90. The molecule has 1 aliphatic heterocycles. The molecule has 1 heterocycles. The topological polar surface area (TPSA) is 24.7 Å². The second-order valence-electron chi connectivity index (χ2n) is 10.4. The van der Waals surface area contributed by atoms with Gasteiger partial charge in [-0.3, -0.25) is 0 Å². The van der Waals surface area contributed by atoms with Crippen LogP contribution in [0.1, 0.15) is 11.1 Å². The minimum atomic E-state index is 0.937. The minimum Gasteiger partial charge on any atom is -0.245 e. The number of nitrogens with zero attached hydrogens (tertiary/aromatic N) is 2. The van der Waals surface area contributed by atoms with Gasteiger partial charge < -0.3 is 0 Å². The normalized spacial score (nSPS) is 14.2. The van der Waals surface area contributed by atoms with Crippen LogP contribution in [0.15, 0.2) is 119 Å². The molecule has 1 aliphatic rings. The SMILES string of the molecule is Cc1ccc2c3/c(c4ccc(C)cc4c2c1)=N/c1ccc2ccccc2c1-c1c(ccc2ccccc12)\N=3. The smallest absolute Gasteiger partial charge is 0.0978 e. The average molecular weight is 485 g/mol. The molecule has 0 fully saturated rings. The molecule has 0 amide bonds. The van der Waals surface area contributed by atoms with Crippen molar-refractivity contribution in [3.8, 4) is 11.1 Å². The Kier molecular flexibility index (Phi) is 4.39. The maximum atomic E-state index is 5.46. The van der Waals surface area contributed by atoms with Crippen LogP contribution in [0.25, 0.3) is 54.2 Å². The van der Waals surface area contributed by atoms with Gasteiger partial charge in [0.1, 0.15) is 0 Å². The van der Waals surface area contributed by atoms with E-state index in [1.165, 1.54) is 43.4 Å². The molecule has 0 radical (unpaired) electrons. The molecule has 2 heteroatoms. The summed E-state index contributed by atoms with van der Waals surface area (Å²) in [6.07, 6.45) is 0. The first-order valence-electron chi connectivity index (χ1n) is 13.1. The van der Waals surface area contributed by atoms with Crippen molar-refractivity contribution >= 4 is 54.5 Å². The van der Waals surface area contributed by atoms with Crippen LogP contribution in [-0.2, 0) is 0 Å². The zero-order valence-electron chi connectivity index (χ0n) is 21.3. The van der Waals surface area contributed by atoms with Gasteiger partial charge >= 0.3 is 0 Å². The number of fused-ring (bicyclic) bond motifs is 13. The lowest BCUT2D eigenvalue weighted by Gasteiger charge is -2.18. The highest BCUT2D eigenvalue weighted by Crippen LogP contribution is 2.45. The van der Waals surface area contributed by atoms with E-state index in [1.807, 2.05) is 0 Å². The van der Waals surface area contributed by atoms with Crippen molar-refractivity contribution in [2.75, 3.05) is 0 Å². The Hall–Kier alpha value is -4.82. The number of aryl methyl sites for hydroxylation is 2. The Morgan fingerprint density at radius 1 is 0.395 bits per heavy atom. The molecule has 38 heavy (non-hydrogen) atoms. The Morgan fingerprint density at radius 3 is 1.32 bits per heavy atom. The Morgan fingerprint density at radius 2 is 0.842 bits per heavy atom. The standard InChI is InChI=1S/C36H24N2/c1-21-11-15-27-29(19-21)30-20-22(2)12-16-28(30)36-35(27)37-31-17-13-23-7-3-5-9-25(23)33(31)34-26-10-6-4-8-24(26)14-18-32(34)38-36/h3-20H,1-2H3/b34-33?,37-31?,37-35-,38-32?,38-36+. The number of rotatable bonds is 0. The Labute approximate surface area is 220 Å². The van der Waals surface area contributed by atoms with Gasteiger partial charge in [-0.15, -0.1) is 0 Å². The van der Waals surface area contributed by atoms with Gasteiger partial charge in [-0.25, -0.2) is 9.98 Å². The molecule has 7 aromatic carbocycles. The third-order valence-electron chi connectivity index (χ3n) is 7.90. The van der Waals surface area contributed by atoms with Crippen molar-refractivity contribution in [3.63, 3.8) is 0 Å². The summed E-state index contributed by atoms with van der Waals surface area (Å²) < 4.78 is 0. The number of benzene rings is 7. The van der Waals surface area contributed by atoms with Gasteiger partial charge in [0.05, 0.1) is 22.1 Å². The van der Waals surface area contributed by atoms with Crippen molar-refractivity contribution in [3.05, 3.63) is 131 Å². The van der Waals surface area contributed by atoms with Gasteiger partial charge in [-0.05, 0) is 58.3 Å². The van der Waals surface area contributed by atoms with E-state index >= 15 is 0 Å². The monoisotopic (exact) mass is 484 g/mol. The maximum Gasteiger partial charge on any atom is 0.0978 e. The van der Waals surface area contributed by atoms with Crippen molar-refractivity contribution < 1.29 is 0 Å². The molecule has 0 saturated heterocycles. The second kappa shape index (κ2) is 7.84. The van der Waals surface area contributed by atoms with Gasteiger partial charge in [0.15, 0.2) is 0 Å². The Balaban J connectivity index is 1.70. The summed E-state index contributed by atoms with van der Waals surface area (Å²) in [6.45, 7) is 4.31. The number of hydrogen-bond acceptors (Lipinski definition) is 2. The van der Waals surface area contributed by atoms with E-state index in [9.17, 15) is 0 Å². The lowest BCUT2D eigenvalue weighted by Crippen LogP contribution is -2.27. The summed E-state index contributed by atoms with van der Waals surface area (Å²) in [5, 5.41) is 11.4. The molecule has 2 nitrogen and oxygen atoms in total. The fourth-order valence-electron chi connectivity index (χ4n) is 6.13. The molecular weight excluding hydrogens is 460 g/mol. The zero-order valence-corrected chi connectivity index (χ0v) is 21.3. The van der Waals surface area contributed by atoms with Crippen LogP contribution in [0.5, 0.6) is 0 Å². The first-order valence-corrected chi connectivity index (χ1v) is 13.1.